The van der Waals surface area contributed by atoms with E-state index in [1.54, 1.807) is 0 Å². The van der Waals surface area contributed by atoms with E-state index in [2.05, 4.69) is 207 Å². The molecule has 10 nitrogen and oxygen atoms in total. The molecule has 466 valence electrons. The van der Waals surface area contributed by atoms with Crippen LogP contribution >= 0.6 is 0 Å². The summed E-state index contributed by atoms with van der Waals surface area (Å²) in [5, 5.41) is 13.9. The zero-order chi connectivity index (χ0) is 63.9. The van der Waals surface area contributed by atoms with Crippen molar-refractivity contribution in [3.05, 3.63) is 192 Å². The van der Waals surface area contributed by atoms with E-state index in [0.29, 0.717) is 52.9 Å². The lowest BCUT2D eigenvalue weighted by Crippen LogP contribution is -2.13. The van der Waals surface area contributed by atoms with Crippen molar-refractivity contribution in [3.8, 4) is 68.2 Å². The Morgan fingerprint density at radius 2 is 0.467 bits per heavy atom. The van der Waals surface area contributed by atoms with Crippen LogP contribution in [-0.4, -0.2) is 52.9 Å². The Balaban J connectivity index is 1.17. The van der Waals surface area contributed by atoms with Gasteiger partial charge in [-0.2, -0.15) is 0 Å². The molecular formula is C82H80N2O8. The third-order valence-corrected chi connectivity index (χ3v) is 17.8. The maximum absolute atomic E-state index is 6.44. The average Bonchev–Trinajstić information content (AvgIpc) is 1.50. The fourth-order valence-electron chi connectivity index (χ4n) is 14.0. The molecule has 0 atom stereocenters. The molecule has 92 heavy (non-hydrogen) atoms. The van der Waals surface area contributed by atoms with E-state index < -0.39 is 0 Å². The van der Waals surface area contributed by atoms with Gasteiger partial charge in [0.1, 0.15) is 46.0 Å². The van der Waals surface area contributed by atoms with Gasteiger partial charge in [-0.1, -0.05) is 109 Å². The predicted octanol–water partition coefficient (Wildman–Crippen LogP) is 22.2. The highest BCUT2D eigenvalue weighted by atomic mass is 16.5. The molecule has 0 spiro atoms. The van der Waals surface area contributed by atoms with Crippen molar-refractivity contribution in [2.24, 2.45) is 0 Å². The third-order valence-electron chi connectivity index (χ3n) is 17.8. The molecule has 10 heteroatoms. The Bertz CT molecular complexity index is 4270. The first-order valence-electron chi connectivity index (χ1n) is 32.7. The molecule has 0 aliphatic carbocycles. The molecule has 0 amide bonds. The zero-order valence-electron chi connectivity index (χ0n) is 55.0. The second kappa shape index (κ2) is 25.7. The van der Waals surface area contributed by atoms with E-state index >= 15 is 0 Å². The van der Waals surface area contributed by atoms with Crippen LogP contribution in [0.25, 0.3) is 86.9 Å². The molecule has 13 aromatic carbocycles. The lowest BCUT2D eigenvalue weighted by molar-refractivity contribution is 0.318. The largest absolute Gasteiger partial charge is 0.493 e. The standard InChI is InChI=1S/C82H80N2O8/c1-13-85-67-41-55(42-68(49(67)9)86-14-2)83(56-43-69(87-15-3)50(10)70(44-56)88-16-4)65-39-37-63-77-59(65)33-27-35-61(77)79-75(53-29-23-21-24-30-53)80-62-36-28-34-60-66(40-38-64(78(60)62)82(80)76(81(63)79)54-31-25-22-26-32-54)84(57-45-71(89-17-5)51(11)72(46-57)90-18-6)58-47-73(91-19-7)52(12)74(48-58)92-20-8/h21-48H,13-20H2,1-12H3. The summed E-state index contributed by atoms with van der Waals surface area (Å²) in [4.78, 5) is 4.65. The van der Waals surface area contributed by atoms with Crippen molar-refractivity contribution in [1.82, 2.24) is 0 Å². The number of hydrogen-bond acceptors (Lipinski definition) is 10. The Hall–Kier alpha value is -10.1. The van der Waals surface area contributed by atoms with Gasteiger partial charge in [0.2, 0.25) is 0 Å². The summed E-state index contributed by atoms with van der Waals surface area (Å²) in [5.41, 5.74) is 13.9. The fraction of sp³-hybridized carbons (Fsp3) is 0.244. The lowest BCUT2D eigenvalue weighted by Gasteiger charge is -2.29. The van der Waals surface area contributed by atoms with Crippen LogP contribution in [0.5, 0.6) is 46.0 Å². The molecule has 13 aromatic rings. The maximum atomic E-state index is 6.44. The van der Waals surface area contributed by atoms with Gasteiger partial charge in [0.15, 0.2) is 0 Å². The normalized spacial score (nSPS) is 11.6. The fourth-order valence-corrected chi connectivity index (χ4v) is 14.0. The number of fused-ring (bicyclic) bond motifs is 6. The second-order valence-electron chi connectivity index (χ2n) is 23.1. The van der Waals surface area contributed by atoms with Gasteiger partial charge in [-0.15, -0.1) is 0 Å². The lowest BCUT2D eigenvalue weighted by atomic mass is 9.87. The number of anilines is 6. The molecule has 0 heterocycles. The van der Waals surface area contributed by atoms with Crippen LogP contribution in [0, 0.1) is 27.7 Å². The average molecular weight is 1220 g/mol. The van der Waals surface area contributed by atoms with Crippen LogP contribution < -0.4 is 47.7 Å². The van der Waals surface area contributed by atoms with Gasteiger partial charge in [0, 0.05) is 81.6 Å². The SMILES string of the molecule is CCOc1cc(N(c2cc(OCC)c(C)c(OCC)c2)c2ccc3c4c(-c5ccccc5)c5c6ccc(N(c7cc(OCC)c(C)c(OCC)c7)c7cc(OCC)c(C)c(OCC)c7)c7cccc(c5c(-c5ccccc5)c4c4cccc2c43)c76)cc(OCC)c1C. The summed E-state index contributed by atoms with van der Waals surface area (Å²) in [6.45, 7) is 28.4. The first-order valence-corrected chi connectivity index (χ1v) is 32.7. The highest BCUT2D eigenvalue weighted by Crippen LogP contribution is 2.59. The number of nitrogens with zero attached hydrogens (tertiary/aromatic N) is 2. The molecular weight excluding hydrogens is 1140 g/mol. The van der Waals surface area contributed by atoms with E-state index in [-0.39, 0.29) is 0 Å². The summed E-state index contributed by atoms with van der Waals surface area (Å²) in [6, 6.07) is 62.2. The monoisotopic (exact) mass is 1220 g/mol. The zero-order valence-corrected chi connectivity index (χ0v) is 55.0. The topological polar surface area (TPSA) is 80.3 Å². The van der Waals surface area contributed by atoms with Gasteiger partial charge in [0.05, 0.1) is 87.0 Å². The molecule has 0 saturated heterocycles. The van der Waals surface area contributed by atoms with Gasteiger partial charge in [-0.25, -0.2) is 0 Å². The van der Waals surface area contributed by atoms with Gasteiger partial charge in [0.25, 0.3) is 0 Å². The molecule has 0 aliphatic rings. The van der Waals surface area contributed by atoms with Gasteiger partial charge < -0.3 is 47.7 Å². The van der Waals surface area contributed by atoms with Crippen molar-refractivity contribution >= 4 is 98.8 Å². The van der Waals surface area contributed by atoms with Gasteiger partial charge in [-0.3, -0.25) is 0 Å². The second-order valence-corrected chi connectivity index (χ2v) is 23.1. The minimum absolute atomic E-state index is 0.496. The van der Waals surface area contributed by atoms with Gasteiger partial charge in [-0.05, 0) is 171 Å². The molecule has 0 aliphatic heterocycles. The van der Waals surface area contributed by atoms with Crippen molar-refractivity contribution < 1.29 is 37.9 Å². The van der Waals surface area contributed by atoms with Crippen LogP contribution in [0.4, 0.5) is 34.1 Å². The Morgan fingerprint density at radius 3 is 0.707 bits per heavy atom. The minimum Gasteiger partial charge on any atom is -0.493 e. The van der Waals surface area contributed by atoms with Crippen molar-refractivity contribution in [2.75, 3.05) is 62.7 Å². The molecule has 0 unspecified atom stereocenters. The molecule has 0 saturated carbocycles. The van der Waals surface area contributed by atoms with E-state index in [1.165, 1.54) is 43.4 Å². The Morgan fingerprint density at radius 1 is 0.239 bits per heavy atom. The molecule has 0 bridgehead atoms. The molecule has 0 radical (unpaired) electrons. The Labute approximate surface area is 540 Å². The molecule has 0 aromatic heterocycles. The van der Waals surface area contributed by atoms with Crippen LogP contribution in [-0.2, 0) is 0 Å². The summed E-state index contributed by atoms with van der Waals surface area (Å²) in [5.74, 6) is 6.05. The number of ether oxygens (including phenoxy) is 8. The first-order chi connectivity index (χ1) is 45.0. The summed E-state index contributed by atoms with van der Waals surface area (Å²) < 4.78 is 51.5. The molecule has 13 rings (SSSR count). The predicted molar refractivity (Wildman–Crippen MR) is 382 cm³/mol. The maximum Gasteiger partial charge on any atom is 0.127 e. The molecule has 0 N–H and O–H groups in total. The summed E-state index contributed by atoms with van der Waals surface area (Å²) >= 11 is 0. The quantitative estimate of drug-likeness (QED) is 0.0584. The smallest absolute Gasteiger partial charge is 0.127 e. The van der Waals surface area contributed by atoms with E-state index in [9.17, 15) is 0 Å². The van der Waals surface area contributed by atoms with Gasteiger partial charge >= 0.3 is 0 Å². The highest BCUT2D eigenvalue weighted by molar-refractivity contribution is 6.47. The van der Waals surface area contributed by atoms with E-state index in [0.717, 1.165) is 146 Å². The minimum atomic E-state index is 0.496. The summed E-state index contributed by atoms with van der Waals surface area (Å²) in [6.07, 6.45) is 0. The Kier molecular flexibility index (Phi) is 17.0. The number of benzene rings is 11. The van der Waals surface area contributed by atoms with Crippen molar-refractivity contribution in [3.63, 3.8) is 0 Å². The van der Waals surface area contributed by atoms with Crippen LogP contribution in [0.15, 0.2) is 170 Å². The first kappa shape index (κ1) is 60.8. The van der Waals surface area contributed by atoms with E-state index in [4.69, 9.17) is 37.9 Å². The third kappa shape index (κ3) is 10.3. The number of hydrogen-bond donors (Lipinski definition) is 0. The van der Waals surface area contributed by atoms with Crippen LogP contribution in [0.3, 0.4) is 0 Å². The van der Waals surface area contributed by atoms with Crippen molar-refractivity contribution in [2.45, 2.75) is 83.1 Å². The highest BCUT2D eigenvalue weighted by Gasteiger charge is 2.32. The van der Waals surface area contributed by atoms with Crippen LogP contribution in [0.2, 0.25) is 0 Å². The van der Waals surface area contributed by atoms with Crippen molar-refractivity contribution in [1.29, 1.82) is 0 Å². The molecule has 0 fully saturated rings. The van der Waals surface area contributed by atoms with E-state index in [1.807, 2.05) is 55.4 Å². The summed E-state index contributed by atoms with van der Waals surface area (Å²) in [7, 11) is 0. The number of rotatable bonds is 24. The van der Waals surface area contributed by atoms with Crippen LogP contribution in [0.1, 0.15) is 77.6 Å².